The molecule has 1 fully saturated rings. The molecule has 4 rings (SSSR count). The largest absolute Gasteiger partial charge is 0.484 e. The molecule has 0 radical (unpaired) electrons. The molecule has 0 saturated carbocycles. The Labute approximate surface area is 163 Å². The Bertz CT molecular complexity index is 961. The van der Waals surface area contributed by atoms with E-state index in [0.717, 1.165) is 29.7 Å². The van der Waals surface area contributed by atoms with Crippen LogP contribution in [0.2, 0.25) is 0 Å². The third-order valence-corrected chi connectivity index (χ3v) is 5.16. The molecule has 144 valence electrons. The first-order valence-corrected chi connectivity index (χ1v) is 9.66. The number of aromatic amines is 1. The molecule has 6 heteroatoms. The van der Waals surface area contributed by atoms with Crippen LogP contribution in [0.1, 0.15) is 48.4 Å². The summed E-state index contributed by atoms with van der Waals surface area (Å²) < 4.78 is 5.66. The van der Waals surface area contributed by atoms with Crippen molar-refractivity contribution in [2.24, 2.45) is 0 Å². The Morgan fingerprint density at radius 3 is 2.71 bits per heavy atom. The number of aromatic nitrogens is 2. The Morgan fingerprint density at radius 2 is 1.96 bits per heavy atom. The molecule has 1 amide bonds. The van der Waals surface area contributed by atoms with Gasteiger partial charge in [0.05, 0.1) is 17.1 Å². The quantitative estimate of drug-likeness (QED) is 0.661. The molecule has 0 aliphatic carbocycles. The number of hydrogen-bond donors (Lipinski definition) is 1. The molecule has 3 aromatic rings. The van der Waals surface area contributed by atoms with E-state index in [2.05, 4.69) is 9.97 Å². The maximum Gasteiger partial charge on any atom is 0.261 e. The third kappa shape index (κ3) is 3.63. The van der Waals surface area contributed by atoms with Gasteiger partial charge in [-0.15, -0.1) is 0 Å². The number of para-hydroxylation sites is 2. The summed E-state index contributed by atoms with van der Waals surface area (Å²) in [7, 11) is 0. The normalized spacial score (nSPS) is 16.5. The zero-order valence-corrected chi connectivity index (χ0v) is 15.9. The molecular weight excluding hydrogens is 354 g/mol. The maximum absolute atomic E-state index is 12.7. The van der Waals surface area contributed by atoms with Crippen molar-refractivity contribution in [3.8, 4) is 5.75 Å². The second-order valence-corrected chi connectivity index (χ2v) is 6.97. The van der Waals surface area contributed by atoms with Crippen molar-refractivity contribution < 1.29 is 14.3 Å². The van der Waals surface area contributed by atoms with Crippen LogP contribution < -0.4 is 4.74 Å². The molecule has 1 aliphatic rings. The zero-order chi connectivity index (χ0) is 19.5. The Morgan fingerprint density at radius 1 is 1.18 bits per heavy atom. The lowest BCUT2D eigenvalue weighted by Gasteiger charge is -2.23. The number of ether oxygens (including phenoxy) is 1. The summed E-state index contributed by atoms with van der Waals surface area (Å²) in [6, 6.07) is 14.8. The van der Waals surface area contributed by atoms with E-state index in [-0.39, 0.29) is 24.3 Å². The van der Waals surface area contributed by atoms with Crippen molar-refractivity contribution in [3.63, 3.8) is 0 Å². The van der Waals surface area contributed by atoms with E-state index in [1.165, 1.54) is 0 Å². The van der Waals surface area contributed by atoms with Crippen molar-refractivity contribution in [3.05, 3.63) is 59.9 Å². The summed E-state index contributed by atoms with van der Waals surface area (Å²) in [6.45, 7) is 2.51. The first-order chi connectivity index (χ1) is 13.7. The van der Waals surface area contributed by atoms with Gasteiger partial charge < -0.3 is 14.6 Å². The van der Waals surface area contributed by atoms with Gasteiger partial charge in [-0.2, -0.15) is 0 Å². The van der Waals surface area contributed by atoms with Crippen LogP contribution in [0.15, 0.2) is 48.5 Å². The molecule has 2 aromatic carbocycles. The molecule has 28 heavy (non-hydrogen) atoms. The standard InChI is InChI=1S/C22H23N3O3/c1-2-20(26)15-9-11-16(12-10-15)28-14-21(27)25-13-5-8-19(25)22-23-17-6-3-4-7-18(17)24-22/h3-4,6-7,9-12,19H,2,5,8,13-14H2,1H3,(H,23,24). The van der Waals surface area contributed by atoms with E-state index < -0.39 is 0 Å². The predicted molar refractivity (Wildman–Crippen MR) is 106 cm³/mol. The van der Waals surface area contributed by atoms with Gasteiger partial charge in [0.25, 0.3) is 5.91 Å². The fraction of sp³-hybridized carbons (Fsp3) is 0.318. The average Bonchev–Trinajstić information content (AvgIpc) is 3.38. The second-order valence-electron chi connectivity index (χ2n) is 6.97. The van der Waals surface area contributed by atoms with Crippen LogP contribution in [-0.4, -0.2) is 39.7 Å². The minimum Gasteiger partial charge on any atom is -0.484 e. The van der Waals surface area contributed by atoms with Crippen LogP contribution in [0, 0.1) is 0 Å². The molecule has 0 spiro atoms. The number of nitrogens with zero attached hydrogens (tertiary/aromatic N) is 2. The van der Waals surface area contributed by atoms with Crippen molar-refractivity contribution in [2.75, 3.05) is 13.2 Å². The molecular formula is C22H23N3O3. The van der Waals surface area contributed by atoms with Crippen LogP contribution >= 0.6 is 0 Å². The number of nitrogens with one attached hydrogen (secondary N) is 1. The van der Waals surface area contributed by atoms with E-state index in [1.54, 1.807) is 24.3 Å². The van der Waals surface area contributed by atoms with Gasteiger partial charge >= 0.3 is 0 Å². The summed E-state index contributed by atoms with van der Waals surface area (Å²) in [5, 5.41) is 0. The lowest BCUT2D eigenvalue weighted by Crippen LogP contribution is -2.34. The van der Waals surface area contributed by atoms with E-state index in [9.17, 15) is 9.59 Å². The van der Waals surface area contributed by atoms with E-state index in [4.69, 9.17) is 4.74 Å². The number of imidazole rings is 1. The summed E-state index contributed by atoms with van der Waals surface area (Å²) in [6.07, 6.45) is 2.30. The number of hydrogen-bond acceptors (Lipinski definition) is 4. The third-order valence-electron chi connectivity index (χ3n) is 5.16. The Hall–Kier alpha value is -3.15. The molecule has 1 aromatic heterocycles. The second kappa shape index (κ2) is 7.84. The Kier molecular flexibility index (Phi) is 5.10. The van der Waals surface area contributed by atoms with Crippen molar-refractivity contribution in [2.45, 2.75) is 32.2 Å². The summed E-state index contributed by atoms with van der Waals surface area (Å²) in [5.41, 5.74) is 2.55. The first kappa shape index (κ1) is 18.2. The average molecular weight is 377 g/mol. The number of rotatable bonds is 6. The van der Waals surface area contributed by atoms with E-state index in [0.29, 0.717) is 24.3 Å². The van der Waals surface area contributed by atoms with E-state index in [1.807, 2.05) is 36.1 Å². The number of amides is 1. The first-order valence-electron chi connectivity index (χ1n) is 9.66. The molecule has 1 unspecified atom stereocenters. The number of likely N-dealkylation sites (tertiary alicyclic amines) is 1. The minimum atomic E-state index is -0.0586. The van der Waals surface area contributed by atoms with Gasteiger partial charge in [-0.3, -0.25) is 9.59 Å². The zero-order valence-electron chi connectivity index (χ0n) is 15.9. The lowest BCUT2D eigenvalue weighted by molar-refractivity contribution is -0.134. The highest BCUT2D eigenvalue weighted by atomic mass is 16.5. The predicted octanol–water partition coefficient (Wildman–Crippen LogP) is 3.90. The molecule has 6 nitrogen and oxygen atoms in total. The van der Waals surface area contributed by atoms with Gasteiger partial charge in [-0.1, -0.05) is 19.1 Å². The summed E-state index contributed by atoms with van der Waals surface area (Å²) >= 11 is 0. The minimum absolute atomic E-state index is 0.0300. The van der Waals surface area contributed by atoms with Gasteiger partial charge in [0.15, 0.2) is 12.4 Å². The molecule has 0 bridgehead atoms. The summed E-state index contributed by atoms with van der Waals surface area (Å²) in [4.78, 5) is 34.3. The summed E-state index contributed by atoms with van der Waals surface area (Å²) in [5.74, 6) is 1.44. The Balaban J connectivity index is 1.41. The number of ketones is 1. The fourth-order valence-electron chi connectivity index (χ4n) is 3.65. The van der Waals surface area contributed by atoms with Gasteiger partial charge in [-0.25, -0.2) is 4.98 Å². The van der Waals surface area contributed by atoms with E-state index >= 15 is 0 Å². The van der Waals surface area contributed by atoms with Crippen LogP contribution in [0.5, 0.6) is 5.75 Å². The SMILES string of the molecule is CCC(=O)c1ccc(OCC(=O)N2CCCC2c2nc3ccccc3[nH]2)cc1. The van der Waals surface area contributed by atoms with Crippen molar-refractivity contribution >= 4 is 22.7 Å². The van der Waals surface area contributed by atoms with Crippen LogP contribution in [0.3, 0.4) is 0 Å². The topological polar surface area (TPSA) is 75.3 Å². The number of Topliss-reactive ketones (excluding diaryl/α,β-unsaturated/α-hetero) is 1. The molecule has 1 aliphatic heterocycles. The number of benzene rings is 2. The molecule has 1 N–H and O–H groups in total. The van der Waals surface area contributed by atoms with Gasteiger partial charge in [0, 0.05) is 18.5 Å². The highest BCUT2D eigenvalue weighted by Gasteiger charge is 2.32. The lowest BCUT2D eigenvalue weighted by atomic mass is 10.1. The number of H-pyrrole nitrogens is 1. The fourth-order valence-corrected chi connectivity index (χ4v) is 3.65. The van der Waals surface area contributed by atoms with Gasteiger partial charge in [-0.05, 0) is 49.2 Å². The van der Waals surface area contributed by atoms with Crippen molar-refractivity contribution in [1.82, 2.24) is 14.9 Å². The maximum atomic E-state index is 12.7. The smallest absolute Gasteiger partial charge is 0.261 e. The van der Waals surface area contributed by atoms with Crippen molar-refractivity contribution in [1.29, 1.82) is 0 Å². The highest BCUT2D eigenvalue weighted by molar-refractivity contribution is 5.95. The number of carbonyl (C=O) groups excluding carboxylic acids is 2. The van der Waals surface area contributed by atoms with Gasteiger partial charge in [0.1, 0.15) is 11.6 Å². The highest BCUT2D eigenvalue weighted by Crippen LogP contribution is 2.31. The number of fused-ring (bicyclic) bond motifs is 1. The number of carbonyl (C=O) groups is 2. The van der Waals surface area contributed by atoms with Crippen LogP contribution in [0.25, 0.3) is 11.0 Å². The van der Waals surface area contributed by atoms with Crippen LogP contribution in [0.4, 0.5) is 0 Å². The van der Waals surface area contributed by atoms with Crippen LogP contribution in [-0.2, 0) is 4.79 Å². The monoisotopic (exact) mass is 377 g/mol. The molecule has 1 atom stereocenters. The van der Waals surface area contributed by atoms with Gasteiger partial charge in [0.2, 0.25) is 0 Å². The molecule has 2 heterocycles. The molecule has 1 saturated heterocycles.